The normalized spacial score (nSPS) is 26.1. The molecule has 1 aromatic rings. The number of hydrogen-bond donors (Lipinski definition) is 4. The zero-order valence-corrected chi connectivity index (χ0v) is 12.6. The van der Waals surface area contributed by atoms with Crippen molar-refractivity contribution in [3.05, 3.63) is 32.6 Å². The van der Waals surface area contributed by atoms with E-state index in [0.29, 0.717) is 12.0 Å². The molecule has 4 N–H and O–H groups in total. The third-order valence-corrected chi connectivity index (χ3v) is 3.82. The van der Waals surface area contributed by atoms with Gasteiger partial charge in [0.1, 0.15) is 12.3 Å². The zero-order valence-electron chi connectivity index (χ0n) is 11.7. The quantitative estimate of drug-likeness (QED) is 0.511. The molecule has 0 unspecified atom stereocenters. The lowest BCUT2D eigenvalue weighted by atomic mass is 10.0. The van der Waals surface area contributed by atoms with Crippen molar-refractivity contribution in [2.75, 3.05) is 6.61 Å². The van der Waals surface area contributed by atoms with E-state index in [9.17, 15) is 19.3 Å². The SMILES string of the molecule is Cc1cn([C@H]2CC[C@H](O)[C@@H](COP(=O)(O)O)O2)c(=O)[nH]c1=O. The van der Waals surface area contributed by atoms with Crippen LogP contribution in [0.25, 0.3) is 0 Å². The van der Waals surface area contributed by atoms with Crippen LogP contribution in [0.2, 0.25) is 0 Å². The molecule has 1 aliphatic heterocycles. The molecule has 2 heterocycles. The first-order valence-corrected chi connectivity index (χ1v) is 8.06. The summed E-state index contributed by atoms with van der Waals surface area (Å²) in [5.74, 6) is 0. The van der Waals surface area contributed by atoms with Gasteiger partial charge in [-0.15, -0.1) is 0 Å². The van der Waals surface area contributed by atoms with E-state index < -0.39 is 44.1 Å². The number of aliphatic hydroxyl groups is 1. The van der Waals surface area contributed by atoms with Gasteiger partial charge in [0.05, 0.1) is 12.7 Å². The van der Waals surface area contributed by atoms with Crippen LogP contribution < -0.4 is 11.2 Å². The van der Waals surface area contributed by atoms with Crippen molar-refractivity contribution in [3.8, 4) is 0 Å². The van der Waals surface area contributed by atoms with Crippen molar-refractivity contribution in [3.63, 3.8) is 0 Å². The highest BCUT2D eigenvalue weighted by molar-refractivity contribution is 7.46. The van der Waals surface area contributed by atoms with Gasteiger partial charge in [-0.25, -0.2) is 9.36 Å². The number of aromatic amines is 1. The number of aromatic nitrogens is 2. The van der Waals surface area contributed by atoms with Gasteiger partial charge in [0.25, 0.3) is 5.56 Å². The van der Waals surface area contributed by atoms with Crippen molar-refractivity contribution in [2.45, 2.75) is 38.2 Å². The van der Waals surface area contributed by atoms with Crippen LogP contribution in [0.3, 0.4) is 0 Å². The van der Waals surface area contributed by atoms with Crippen LogP contribution >= 0.6 is 7.82 Å². The first-order valence-electron chi connectivity index (χ1n) is 6.53. The molecule has 0 aliphatic carbocycles. The van der Waals surface area contributed by atoms with Crippen molar-refractivity contribution in [1.82, 2.24) is 9.55 Å². The lowest BCUT2D eigenvalue weighted by molar-refractivity contribution is -0.159. The molecule has 0 radical (unpaired) electrons. The van der Waals surface area contributed by atoms with Crippen LogP contribution in [-0.4, -0.2) is 43.3 Å². The first-order chi connectivity index (χ1) is 10.2. The topological polar surface area (TPSA) is 151 Å². The van der Waals surface area contributed by atoms with E-state index in [0.717, 1.165) is 0 Å². The highest BCUT2D eigenvalue weighted by Gasteiger charge is 2.33. The van der Waals surface area contributed by atoms with E-state index in [2.05, 4.69) is 9.51 Å². The summed E-state index contributed by atoms with van der Waals surface area (Å²) >= 11 is 0. The van der Waals surface area contributed by atoms with Gasteiger partial charge in [-0.05, 0) is 19.8 Å². The molecule has 0 spiro atoms. The molecule has 22 heavy (non-hydrogen) atoms. The van der Waals surface area contributed by atoms with Gasteiger partial charge in [0.15, 0.2) is 0 Å². The number of ether oxygens (including phenoxy) is 1. The average Bonchev–Trinajstić information content (AvgIpc) is 2.41. The Morgan fingerprint density at radius 3 is 2.77 bits per heavy atom. The summed E-state index contributed by atoms with van der Waals surface area (Å²) in [4.78, 5) is 42.7. The minimum atomic E-state index is -4.68. The van der Waals surface area contributed by atoms with Crippen LogP contribution in [-0.2, 0) is 13.8 Å². The molecule has 1 aromatic heterocycles. The monoisotopic (exact) mass is 336 g/mol. The Morgan fingerprint density at radius 1 is 1.45 bits per heavy atom. The van der Waals surface area contributed by atoms with E-state index in [1.807, 2.05) is 0 Å². The van der Waals surface area contributed by atoms with Crippen LogP contribution in [0.5, 0.6) is 0 Å². The highest BCUT2D eigenvalue weighted by Crippen LogP contribution is 2.37. The van der Waals surface area contributed by atoms with Gasteiger partial charge in [-0.3, -0.25) is 18.9 Å². The van der Waals surface area contributed by atoms with Crippen molar-refractivity contribution in [1.29, 1.82) is 0 Å². The van der Waals surface area contributed by atoms with E-state index in [-0.39, 0.29) is 6.42 Å². The van der Waals surface area contributed by atoms with Gasteiger partial charge in [-0.2, -0.15) is 0 Å². The number of hydrogen-bond acceptors (Lipinski definition) is 6. The predicted molar refractivity (Wildman–Crippen MR) is 73.2 cm³/mol. The molecule has 1 fully saturated rings. The number of aliphatic hydroxyl groups excluding tert-OH is 1. The van der Waals surface area contributed by atoms with Crippen molar-refractivity contribution in [2.24, 2.45) is 0 Å². The second kappa shape index (κ2) is 6.45. The number of nitrogens with zero attached hydrogens (tertiary/aromatic N) is 1. The third-order valence-electron chi connectivity index (χ3n) is 3.33. The fourth-order valence-electron chi connectivity index (χ4n) is 2.19. The molecule has 2 rings (SSSR count). The maximum atomic E-state index is 11.8. The lowest BCUT2D eigenvalue weighted by Crippen LogP contribution is -2.43. The van der Waals surface area contributed by atoms with Crippen LogP contribution in [0.4, 0.5) is 0 Å². The van der Waals surface area contributed by atoms with Crippen LogP contribution in [0, 0.1) is 6.92 Å². The Morgan fingerprint density at radius 2 is 2.14 bits per heavy atom. The lowest BCUT2D eigenvalue weighted by Gasteiger charge is -2.34. The zero-order chi connectivity index (χ0) is 16.5. The smallest absolute Gasteiger partial charge is 0.390 e. The summed E-state index contributed by atoms with van der Waals surface area (Å²) in [6.07, 6.45) is -0.835. The molecule has 1 saturated heterocycles. The van der Waals surface area contributed by atoms with Crippen LogP contribution in [0.15, 0.2) is 15.8 Å². The fourth-order valence-corrected chi connectivity index (χ4v) is 2.53. The number of aryl methyl sites for hydroxylation is 1. The molecular weight excluding hydrogens is 319 g/mol. The van der Waals surface area contributed by atoms with Gasteiger partial charge < -0.3 is 19.6 Å². The van der Waals surface area contributed by atoms with E-state index in [1.165, 1.54) is 17.7 Å². The minimum Gasteiger partial charge on any atom is -0.390 e. The highest BCUT2D eigenvalue weighted by atomic mass is 31.2. The summed E-state index contributed by atoms with van der Waals surface area (Å²) in [5, 5.41) is 9.80. The number of H-pyrrole nitrogens is 1. The predicted octanol–water partition coefficient (Wildman–Crippen LogP) is -1.01. The molecule has 10 nitrogen and oxygen atoms in total. The Balaban J connectivity index is 2.17. The molecule has 0 amide bonds. The van der Waals surface area contributed by atoms with E-state index in [4.69, 9.17) is 14.5 Å². The number of phosphoric ester groups is 1. The van der Waals surface area contributed by atoms with Gasteiger partial charge in [0, 0.05) is 11.8 Å². The van der Waals surface area contributed by atoms with E-state index in [1.54, 1.807) is 0 Å². The van der Waals surface area contributed by atoms with Gasteiger partial charge >= 0.3 is 13.5 Å². The summed E-state index contributed by atoms with van der Waals surface area (Å²) in [5.41, 5.74) is -0.845. The molecule has 1 aliphatic rings. The first kappa shape index (κ1) is 17.1. The van der Waals surface area contributed by atoms with Gasteiger partial charge in [-0.1, -0.05) is 0 Å². The summed E-state index contributed by atoms with van der Waals surface area (Å²) in [7, 11) is -4.68. The van der Waals surface area contributed by atoms with Crippen molar-refractivity contribution >= 4 is 7.82 Å². The molecule has 0 aromatic carbocycles. The summed E-state index contributed by atoms with van der Waals surface area (Å²) in [6, 6.07) is 0. The number of nitrogens with one attached hydrogen (secondary N) is 1. The third kappa shape index (κ3) is 4.13. The Hall–Kier alpha value is -1.29. The minimum absolute atomic E-state index is 0.254. The standard InChI is InChI=1S/C11H17N2O8P/c1-6-4-13(11(16)12-10(6)15)9-3-2-7(14)8(21-9)5-20-22(17,18)19/h4,7-9,14H,2-3,5H2,1H3,(H,12,15,16)(H2,17,18,19)/t7-,8+,9+/m0/s1. The molecule has 3 atom stereocenters. The summed E-state index contributed by atoms with van der Waals surface area (Å²) in [6.45, 7) is 1.01. The second-order valence-electron chi connectivity index (χ2n) is 5.04. The molecule has 124 valence electrons. The van der Waals surface area contributed by atoms with E-state index >= 15 is 0 Å². The number of phosphoric acid groups is 1. The largest absolute Gasteiger partial charge is 0.469 e. The van der Waals surface area contributed by atoms with Crippen molar-refractivity contribution < 1.29 is 28.7 Å². The molecular formula is C11H17N2O8P. The fraction of sp³-hybridized carbons (Fsp3) is 0.636. The Labute approximate surface area is 124 Å². The maximum absolute atomic E-state index is 11.8. The maximum Gasteiger partial charge on any atom is 0.469 e. The second-order valence-corrected chi connectivity index (χ2v) is 6.28. The molecule has 11 heteroatoms. The van der Waals surface area contributed by atoms with Crippen LogP contribution in [0.1, 0.15) is 24.6 Å². The molecule has 0 saturated carbocycles. The Kier molecular flexibility index (Phi) is 5.00. The summed E-state index contributed by atoms with van der Waals surface area (Å²) < 4.78 is 21.7. The Bertz CT molecular complexity index is 692. The molecule has 0 bridgehead atoms. The average molecular weight is 336 g/mol. The van der Waals surface area contributed by atoms with Gasteiger partial charge in [0.2, 0.25) is 0 Å². The number of rotatable bonds is 4.